The van der Waals surface area contributed by atoms with Gasteiger partial charge in [-0.05, 0) is 42.5 Å². The summed E-state index contributed by atoms with van der Waals surface area (Å²) in [6, 6.07) is 6.18. The molecule has 0 aliphatic heterocycles. The average Bonchev–Trinajstić information content (AvgIpc) is 2.85. The minimum Gasteiger partial charge on any atom is -0.455 e. The highest BCUT2D eigenvalue weighted by Gasteiger charge is 2.31. The topological polar surface area (TPSA) is 63.5 Å². The number of nitrogens with two attached hydrogens (primary N) is 1. The van der Waals surface area contributed by atoms with Gasteiger partial charge in [0.05, 0.1) is 16.8 Å². The van der Waals surface area contributed by atoms with E-state index in [0.29, 0.717) is 17.1 Å². The molecular formula is C13H9ClF3N3OS. The number of nitrogens with zero attached hydrogens (tertiary/aromatic N) is 1. The number of hydrazone groups is 1. The Morgan fingerprint density at radius 1 is 1.32 bits per heavy atom. The molecule has 0 atom stereocenters. The first-order valence-electron chi connectivity index (χ1n) is 5.83. The van der Waals surface area contributed by atoms with Crippen LogP contribution in [0.5, 0.6) is 0 Å². The Morgan fingerprint density at radius 2 is 2.05 bits per heavy atom. The Kier molecular flexibility index (Phi) is 4.72. The molecule has 2 rings (SSSR count). The molecule has 0 saturated carbocycles. The Hall–Kier alpha value is -2.06. The van der Waals surface area contributed by atoms with E-state index in [1.54, 1.807) is 12.1 Å². The number of halogens is 4. The van der Waals surface area contributed by atoms with Gasteiger partial charge in [-0.2, -0.15) is 18.3 Å². The van der Waals surface area contributed by atoms with Crippen LogP contribution in [0.4, 0.5) is 13.2 Å². The Bertz CT molecular complexity index is 728. The van der Waals surface area contributed by atoms with Crippen LogP contribution in [-0.4, -0.2) is 11.3 Å². The highest BCUT2D eigenvalue weighted by atomic mass is 35.5. The highest BCUT2D eigenvalue weighted by Crippen LogP contribution is 2.35. The molecule has 0 unspecified atom stereocenters. The van der Waals surface area contributed by atoms with Gasteiger partial charge in [0, 0.05) is 5.56 Å². The van der Waals surface area contributed by atoms with Crippen molar-refractivity contribution in [3.8, 4) is 11.3 Å². The summed E-state index contributed by atoms with van der Waals surface area (Å²) in [4.78, 5) is 0. The summed E-state index contributed by atoms with van der Waals surface area (Å²) >= 11 is 10.5. The molecule has 3 N–H and O–H groups in total. The Balaban J connectivity index is 2.24. The third-order valence-electron chi connectivity index (χ3n) is 2.56. The first kappa shape index (κ1) is 16.3. The molecule has 0 bridgehead atoms. The van der Waals surface area contributed by atoms with Gasteiger partial charge >= 0.3 is 6.18 Å². The minimum absolute atomic E-state index is 0.00573. The smallest absolute Gasteiger partial charge is 0.416 e. The zero-order valence-corrected chi connectivity index (χ0v) is 12.4. The number of furan rings is 1. The van der Waals surface area contributed by atoms with Crippen molar-refractivity contribution < 1.29 is 17.6 Å². The maximum absolute atomic E-state index is 12.6. The van der Waals surface area contributed by atoms with E-state index in [1.807, 2.05) is 0 Å². The number of rotatable bonds is 3. The second-order valence-electron chi connectivity index (χ2n) is 4.13. The molecule has 4 nitrogen and oxygen atoms in total. The number of nitrogens with one attached hydrogen (secondary N) is 1. The molecule has 116 valence electrons. The first-order chi connectivity index (χ1) is 10.3. The normalized spacial score (nSPS) is 11.8. The second kappa shape index (κ2) is 6.37. The molecule has 1 heterocycles. The number of thiocarbonyl (C=S) groups is 1. The van der Waals surface area contributed by atoms with Crippen molar-refractivity contribution in [1.29, 1.82) is 0 Å². The quantitative estimate of drug-likeness (QED) is 0.504. The van der Waals surface area contributed by atoms with E-state index in [2.05, 4.69) is 22.7 Å². The van der Waals surface area contributed by atoms with Crippen LogP contribution in [0.25, 0.3) is 11.3 Å². The maximum Gasteiger partial charge on any atom is 0.416 e. The summed E-state index contributed by atoms with van der Waals surface area (Å²) in [5, 5.41) is 3.63. The summed E-state index contributed by atoms with van der Waals surface area (Å²) in [6.07, 6.45) is -3.13. The number of hydrogen-bond donors (Lipinski definition) is 2. The second-order valence-corrected chi connectivity index (χ2v) is 4.98. The van der Waals surface area contributed by atoms with Crippen molar-refractivity contribution in [3.05, 3.63) is 46.7 Å². The fraction of sp³-hybridized carbons (Fsp3) is 0.0769. The van der Waals surface area contributed by atoms with Gasteiger partial charge in [0.25, 0.3) is 0 Å². The minimum atomic E-state index is -4.45. The summed E-state index contributed by atoms with van der Waals surface area (Å²) in [5.41, 5.74) is 7.05. The molecule has 9 heteroatoms. The molecule has 1 aromatic heterocycles. The van der Waals surface area contributed by atoms with Crippen molar-refractivity contribution in [2.24, 2.45) is 10.8 Å². The lowest BCUT2D eigenvalue weighted by Gasteiger charge is -2.08. The van der Waals surface area contributed by atoms with E-state index in [1.165, 1.54) is 12.3 Å². The third-order valence-corrected chi connectivity index (χ3v) is 2.96. The summed E-state index contributed by atoms with van der Waals surface area (Å²) in [7, 11) is 0. The van der Waals surface area contributed by atoms with Crippen LogP contribution in [0.15, 0.2) is 39.9 Å². The van der Waals surface area contributed by atoms with Crippen molar-refractivity contribution in [2.75, 3.05) is 0 Å². The summed E-state index contributed by atoms with van der Waals surface area (Å²) in [5.74, 6) is 0.671. The van der Waals surface area contributed by atoms with E-state index in [0.717, 1.165) is 12.1 Å². The van der Waals surface area contributed by atoms with Gasteiger partial charge < -0.3 is 10.2 Å². The SMILES string of the molecule is NC(=S)N/N=C/c1ccc(-c2ccc(C(F)(F)F)cc2Cl)o1. The van der Waals surface area contributed by atoms with Crippen LogP contribution in [0.3, 0.4) is 0 Å². The number of hydrogen-bond acceptors (Lipinski definition) is 3. The summed E-state index contributed by atoms with van der Waals surface area (Å²) in [6.45, 7) is 0. The first-order valence-corrected chi connectivity index (χ1v) is 6.61. The highest BCUT2D eigenvalue weighted by molar-refractivity contribution is 7.80. The van der Waals surface area contributed by atoms with Crippen LogP contribution in [-0.2, 0) is 6.18 Å². The predicted molar refractivity (Wildman–Crippen MR) is 81.7 cm³/mol. The molecule has 0 fully saturated rings. The fourth-order valence-electron chi connectivity index (χ4n) is 1.62. The van der Waals surface area contributed by atoms with Gasteiger partial charge in [0.15, 0.2) is 5.11 Å². The van der Waals surface area contributed by atoms with Crippen LogP contribution in [0.2, 0.25) is 5.02 Å². The zero-order chi connectivity index (χ0) is 16.3. The summed E-state index contributed by atoms with van der Waals surface area (Å²) < 4.78 is 43.2. The fourth-order valence-corrected chi connectivity index (χ4v) is 1.94. The van der Waals surface area contributed by atoms with Crippen molar-refractivity contribution in [3.63, 3.8) is 0 Å². The van der Waals surface area contributed by atoms with Gasteiger partial charge in [-0.3, -0.25) is 5.43 Å². The standard InChI is InChI=1S/C13H9ClF3N3OS/c14-10-5-7(13(15,16)17)1-3-9(10)11-4-2-8(21-11)6-19-20-12(18)22/h1-6H,(H3,18,20,22)/b19-6+. The number of benzene rings is 1. The molecule has 2 aromatic rings. The Morgan fingerprint density at radius 3 is 2.64 bits per heavy atom. The van der Waals surface area contributed by atoms with E-state index in [9.17, 15) is 13.2 Å². The molecule has 1 aromatic carbocycles. The van der Waals surface area contributed by atoms with Gasteiger partial charge in [-0.25, -0.2) is 0 Å². The van der Waals surface area contributed by atoms with E-state index >= 15 is 0 Å². The van der Waals surface area contributed by atoms with Crippen LogP contribution >= 0.6 is 23.8 Å². The molecule has 0 aliphatic carbocycles. The number of alkyl halides is 3. The molecule has 0 radical (unpaired) electrons. The lowest BCUT2D eigenvalue weighted by molar-refractivity contribution is -0.137. The molecular weight excluding hydrogens is 339 g/mol. The van der Waals surface area contributed by atoms with Crippen molar-refractivity contribution in [1.82, 2.24) is 5.43 Å². The van der Waals surface area contributed by atoms with Gasteiger partial charge in [-0.15, -0.1) is 0 Å². The van der Waals surface area contributed by atoms with Crippen LogP contribution in [0.1, 0.15) is 11.3 Å². The van der Waals surface area contributed by atoms with E-state index in [4.69, 9.17) is 21.8 Å². The lowest BCUT2D eigenvalue weighted by atomic mass is 10.1. The predicted octanol–water partition coefficient (Wildman–Crippen LogP) is 3.79. The van der Waals surface area contributed by atoms with Crippen LogP contribution < -0.4 is 11.2 Å². The van der Waals surface area contributed by atoms with Crippen LogP contribution in [0, 0.1) is 0 Å². The third kappa shape index (κ3) is 3.99. The molecule has 0 saturated heterocycles. The lowest BCUT2D eigenvalue weighted by Crippen LogP contribution is -2.23. The van der Waals surface area contributed by atoms with Crippen molar-refractivity contribution in [2.45, 2.75) is 6.18 Å². The van der Waals surface area contributed by atoms with E-state index in [-0.39, 0.29) is 10.1 Å². The van der Waals surface area contributed by atoms with Gasteiger partial charge in [0.2, 0.25) is 0 Å². The monoisotopic (exact) mass is 347 g/mol. The average molecular weight is 348 g/mol. The maximum atomic E-state index is 12.6. The Labute approximate surface area is 133 Å². The largest absolute Gasteiger partial charge is 0.455 e. The molecule has 0 aliphatic rings. The molecule has 0 amide bonds. The van der Waals surface area contributed by atoms with Crippen molar-refractivity contribution >= 4 is 35.1 Å². The molecule has 22 heavy (non-hydrogen) atoms. The van der Waals surface area contributed by atoms with Gasteiger partial charge in [0.1, 0.15) is 11.5 Å². The van der Waals surface area contributed by atoms with E-state index < -0.39 is 11.7 Å². The van der Waals surface area contributed by atoms with Gasteiger partial charge in [-0.1, -0.05) is 11.6 Å². The zero-order valence-electron chi connectivity index (χ0n) is 10.8. The molecule has 0 spiro atoms.